The van der Waals surface area contributed by atoms with Gasteiger partial charge in [0.1, 0.15) is 5.82 Å². The van der Waals surface area contributed by atoms with Crippen molar-refractivity contribution in [2.75, 3.05) is 77.4 Å². The van der Waals surface area contributed by atoms with Gasteiger partial charge < -0.3 is 25.2 Å². The lowest BCUT2D eigenvalue weighted by Crippen LogP contribution is -2.56. The molecule has 0 spiro atoms. The highest BCUT2D eigenvalue weighted by Gasteiger charge is 2.33. The highest BCUT2D eigenvalue weighted by Crippen LogP contribution is 2.26. The summed E-state index contributed by atoms with van der Waals surface area (Å²) in [6, 6.07) is 12.8. The number of halogens is 1. The molecule has 1 aromatic heterocycles. The van der Waals surface area contributed by atoms with Crippen LogP contribution in [-0.4, -0.2) is 119 Å². The number of hydrogen-bond donors (Lipinski definition) is 2. The fraction of sp³-hybridized carbons (Fsp3) is 0.588. The molecule has 3 saturated heterocycles. The molecule has 2 aromatic carbocycles. The standard InChI is InChI=1S/C34H48FN9O2/c1-25-18-28(33-38-39-40-41(33)2)21-31(19-25)36-34(45)37-32-9-11-43(13-12-42-14-16-46-17-15-42)23-29(32)24-44-10-3-4-27(22-44)20-26-5-7-30(35)8-6-26/h5-8,18-19,21,27,29,32H,3-4,9-17,20,22-24H2,1-2H3,(H2,36,37,45)/t27-,29-,32+/m0/s1. The Kier molecular flexibility index (Phi) is 10.9. The van der Waals surface area contributed by atoms with Gasteiger partial charge in [-0.2, -0.15) is 0 Å². The molecule has 3 fully saturated rings. The number of likely N-dealkylation sites (tertiary alicyclic amines) is 2. The van der Waals surface area contributed by atoms with Crippen LogP contribution in [0.5, 0.6) is 0 Å². The van der Waals surface area contributed by atoms with E-state index in [9.17, 15) is 9.18 Å². The minimum absolute atomic E-state index is 0.0735. The first-order valence-corrected chi connectivity index (χ1v) is 16.8. The van der Waals surface area contributed by atoms with E-state index in [0.29, 0.717) is 17.7 Å². The third-order valence-electron chi connectivity index (χ3n) is 9.72. The number of carbonyl (C=O) groups is 1. The third-order valence-corrected chi connectivity index (χ3v) is 9.72. The summed E-state index contributed by atoms with van der Waals surface area (Å²) in [5.41, 5.74) is 3.79. The highest BCUT2D eigenvalue weighted by atomic mass is 19.1. The number of urea groups is 1. The monoisotopic (exact) mass is 633 g/mol. The zero-order valence-corrected chi connectivity index (χ0v) is 27.2. The van der Waals surface area contributed by atoms with Gasteiger partial charge in [-0.1, -0.05) is 12.1 Å². The van der Waals surface area contributed by atoms with E-state index in [1.807, 2.05) is 37.3 Å². The van der Waals surface area contributed by atoms with Crippen LogP contribution < -0.4 is 10.6 Å². The van der Waals surface area contributed by atoms with E-state index in [4.69, 9.17) is 4.74 Å². The number of rotatable bonds is 10. The smallest absolute Gasteiger partial charge is 0.319 e. The number of aryl methyl sites for hydroxylation is 2. The van der Waals surface area contributed by atoms with Crippen LogP contribution in [0.15, 0.2) is 42.5 Å². The van der Waals surface area contributed by atoms with Crippen LogP contribution in [0, 0.1) is 24.6 Å². The van der Waals surface area contributed by atoms with Crippen molar-refractivity contribution >= 4 is 11.7 Å². The van der Waals surface area contributed by atoms with Gasteiger partial charge >= 0.3 is 6.03 Å². The van der Waals surface area contributed by atoms with Gasteiger partial charge in [-0.15, -0.1) is 5.10 Å². The second-order valence-electron chi connectivity index (χ2n) is 13.3. The number of amides is 2. The van der Waals surface area contributed by atoms with Gasteiger partial charge in [-0.3, -0.25) is 4.90 Å². The maximum Gasteiger partial charge on any atom is 0.319 e. The van der Waals surface area contributed by atoms with Crippen LogP contribution in [0.2, 0.25) is 0 Å². The van der Waals surface area contributed by atoms with Crippen molar-refractivity contribution in [1.29, 1.82) is 0 Å². The molecule has 2 N–H and O–H groups in total. The lowest BCUT2D eigenvalue weighted by molar-refractivity contribution is 0.0274. The van der Waals surface area contributed by atoms with E-state index < -0.39 is 0 Å². The molecular weight excluding hydrogens is 585 g/mol. The predicted octanol–water partition coefficient (Wildman–Crippen LogP) is 3.42. The summed E-state index contributed by atoms with van der Waals surface area (Å²) in [6.45, 7) is 12.7. The number of benzene rings is 2. The zero-order chi connectivity index (χ0) is 31.9. The van der Waals surface area contributed by atoms with Gasteiger partial charge in [0.2, 0.25) is 0 Å². The Morgan fingerprint density at radius 2 is 1.78 bits per heavy atom. The van der Waals surface area contributed by atoms with Gasteiger partial charge in [0, 0.05) is 82.6 Å². The summed E-state index contributed by atoms with van der Waals surface area (Å²) in [6.07, 6.45) is 4.24. The van der Waals surface area contributed by atoms with E-state index in [1.165, 1.54) is 12.0 Å². The molecule has 2 amide bonds. The van der Waals surface area contributed by atoms with Crippen LogP contribution in [0.25, 0.3) is 11.4 Å². The minimum atomic E-state index is -0.183. The molecule has 4 heterocycles. The Morgan fingerprint density at radius 1 is 0.978 bits per heavy atom. The number of hydrogen-bond acceptors (Lipinski definition) is 8. The van der Waals surface area contributed by atoms with Crippen LogP contribution in [0.4, 0.5) is 14.9 Å². The van der Waals surface area contributed by atoms with E-state index in [-0.39, 0.29) is 17.9 Å². The topological polar surface area (TPSA) is 104 Å². The second-order valence-corrected chi connectivity index (χ2v) is 13.3. The van der Waals surface area contributed by atoms with Crippen molar-refractivity contribution in [3.63, 3.8) is 0 Å². The van der Waals surface area contributed by atoms with E-state index in [1.54, 1.807) is 23.9 Å². The molecule has 0 radical (unpaired) electrons. The molecular formula is C34H48FN9O2. The van der Waals surface area contributed by atoms with Crippen molar-refractivity contribution in [2.45, 2.75) is 38.6 Å². The average Bonchev–Trinajstić information content (AvgIpc) is 3.48. The fourth-order valence-electron chi connectivity index (χ4n) is 7.36. The maximum absolute atomic E-state index is 13.5. The summed E-state index contributed by atoms with van der Waals surface area (Å²) in [5.74, 6) is 1.33. The average molecular weight is 634 g/mol. The van der Waals surface area contributed by atoms with E-state index in [0.717, 1.165) is 108 Å². The summed E-state index contributed by atoms with van der Waals surface area (Å²) in [7, 11) is 1.80. The Balaban J connectivity index is 1.10. The molecule has 3 aromatic rings. The van der Waals surface area contributed by atoms with Crippen molar-refractivity contribution in [1.82, 2.24) is 40.2 Å². The number of anilines is 1. The van der Waals surface area contributed by atoms with Crippen molar-refractivity contribution in [3.05, 3.63) is 59.4 Å². The molecule has 12 heteroatoms. The van der Waals surface area contributed by atoms with Crippen molar-refractivity contribution in [3.8, 4) is 11.4 Å². The Labute approximate surface area is 271 Å². The SMILES string of the molecule is Cc1cc(NC(=O)N[C@@H]2CCN(CCN3CCOCC3)C[C@H]2CN2CCC[C@@H](Cc3ccc(F)cc3)C2)cc(-c2nnnn2C)c1. The number of aromatic nitrogens is 4. The number of tetrazole rings is 1. The first kappa shape index (κ1) is 32.5. The van der Waals surface area contributed by atoms with Gasteiger partial charge in [0.05, 0.1) is 13.2 Å². The molecule has 6 rings (SSSR count). The lowest BCUT2D eigenvalue weighted by atomic mass is 9.88. The number of carbonyl (C=O) groups excluding carboxylic acids is 1. The van der Waals surface area contributed by atoms with Crippen molar-refractivity contribution in [2.24, 2.45) is 18.9 Å². The Bertz CT molecular complexity index is 1430. The molecule has 46 heavy (non-hydrogen) atoms. The predicted molar refractivity (Wildman–Crippen MR) is 176 cm³/mol. The van der Waals surface area contributed by atoms with Crippen LogP contribution in [0.3, 0.4) is 0 Å². The Morgan fingerprint density at radius 3 is 2.57 bits per heavy atom. The lowest BCUT2D eigenvalue weighted by Gasteiger charge is -2.43. The molecule has 0 unspecified atom stereocenters. The number of nitrogens with zero attached hydrogens (tertiary/aromatic N) is 7. The summed E-state index contributed by atoms with van der Waals surface area (Å²) >= 11 is 0. The molecule has 0 bridgehead atoms. The maximum atomic E-state index is 13.5. The quantitative estimate of drug-likeness (QED) is 0.350. The van der Waals surface area contributed by atoms with Crippen LogP contribution >= 0.6 is 0 Å². The molecule has 0 saturated carbocycles. The van der Waals surface area contributed by atoms with Crippen LogP contribution in [0.1, 0.15) is 30.4 Å². The highest BCUT2D eigenvalue weighted by molar-refractivity contribution is 5.90. The summed E-state index contributed by atoms with van der Waals surface area (Å²) in [4.78, 5) is 21.1. The number of nitrogens with one attached hydrogen (secondary N) is 2. The molecule has 3 aliphatic rings. The van der Waals surface area contributed by atoms with E-state index in [2.05, 4.69) is 40.9 Å². The largest absolute Gasteiger partial charge is 0.379 e. The van der Waals surface area contributed by atoms with Gasteiger partial charge in [0.15, 0.2) is 5.82 Å². The molecule has 11 nitrogen and oxygen atoms in total. The Hall–Kier alpha value is -3.45. The van der Waals surface area contributed by atoms with Gasteiger partial charge in [0.25, 0.3) is 0 Å². The normalized spacial score (nSPS) is 23.3. The fourth-order valence-corrected chi connectivity index (χ4v) is 7.36. The molecule has 3 aliphatic heterocycles. The third kappa shape index (κ3) is 8.87. The summed E-state index contributed by atoms with van der Waals surface area (Å²) < 4.78 is 20.6. The van der Waals surface area contributed by atoms with E-state index >= 15 is 0 Å². The van der Waals surface area contributed by atoms with Gasteiger partial charge in [-0.05, 0) is 97.0 Å². The van der Waals surface area contributed by atoms with Crippen molar-refractivity contribution < 1.29 is 13.9 Å². The second kappa shape index (κ2) is 15.4. The summed E-state index contributed by atoms with van der Waals surface area (Å²) in [5, 5.41) is 18.3. The first-order chi connectivity index (χ1) is 22.4. The van der Waals surface area contributed by atoms with Crippen LogP contribution in [-0.2, 0) is 18.2 Å². The van der Waals surface area contributed by atoms with Gasteiger partial charge in [-0.25, -0.2) is 13.9 Å². The zero-order valence-electron chi connectivity index (χ0n) is 27.2. The number of morpholine rings is 1. The minimum Gasteiger partial charge on any atom is -0.379 e. The molecule has 0 aliphatic carbocycles. The molecule has 3 atom stereocenters. The molecule has 248 valence electrons. The number of piperidine rings is 2. The number of ether oxygens (including phenoxy) is 1. The first-order valence-electron chi connectivity index (χ1n) is 16.8.